The van der Waals surface area contributed by atoms with E-state index in [0.29, 0.717) is 5.91 Å². The number of hydrogen-bond donors (Lipinski definition) is 1. The zero-order valence-corrected chi connectivity index (χ0v) is 16.5. The molecule has 0 bridgehead atoms. The topological polar surface area (TPSA) is 34.0 Å². The minimum absolute atomic E-state index is 0.164. The maximum atomic E-state index is 12.7. The van der Waals surface area contributed by atoms with Crippen LogP contribution in [0.15, 0.2) is 54.6 Å². The number of quaternary nitrogens is 1. The van der Waals surface area contributed by atoms with Crippen LogP contribution < -0.4 is 9.64 Å². The van der Waals surface area contributed by atoms with Gasteiger partial charge in [0.25, 0.3) is 0 Å². The smallest absolute Gasteiger partial charge is 0.231 e. The van der Waals surface area contributed by atoms with Gasteiger partial charge in [-0.05, 0) is 51.0 Å². The molecule has 144 valence electrons. The first kappa shape index (κ1) is 19.4. The fourth-order valence-electron chi connectivity index (χ4n) is 3.95. The third kappa shape index (κ3) is 5.33. The summed E-state index contributed by atoms with van der Waals surface area (Å²) >= 11 is 0. The predicted octanol–water partition coefficient (Wildman–Crippen LogP) is 3.14. The fourth-order valence-corrected chi connectivity index (χ4v) is 3.95. The summed E-state index contributed by atoms with van der Waals surface area (Å²) in [6.45, 7) is 8.74. The van der Waals surface area contributed by atoms with Crippen molar-refractivity contribution in [3.63, 3.8) is 0 Å². The van der Waals surface area contributed by atoms with Gasteiger partial charge in [-0.15, -0.1) is 0 Å². The van der Waals surface area contributed by atoms with E-state index in [1.54, 1.807) is 0 Å². The summed E-state index contributed by atoms with van der Waals surface area (Å²) in [6, 6.07) is 18.2. The van der Waals surface area contributed by atoms with Crippen LogP contribution in [0.1, 0.15) is 32.3 Å². The first-order valence-corrected chi connectivity index (χ1v) is 10.1. The summed E-state index contributed by atoms with van der Waals surface area (Å²) in [5, 5.41) is 0. The van der Waals surface area contributed by atoms with E-state index in [-0.39, 0.29) is 5.92 Å². The number of piperidine rings is 1. The number of nitrogens with zero attached hydrogens (tertiary/aromatic N) is 1. The van der Waals surface area contributed by atoms with Crippen LogP contribution in [0.3, 0.4) is 0 Å². The average molecular weight is 368 g/mol. The van der Waals surface area contributed by atoms with Gasteiger partial charge in [0.15, 0.2) is 0 Å². The first-order chi connectivity index (χ1) is 13.2. The molecule has 1 heterocycles. The van der Waals surface area contributed by atoms with E-state index in [2.05, 4.69) is 32.0 Å². The summed E-state index contributed by atoms with van der Waals surface area (Å²) in [4.78, 5) is 16.2. The molecule has 2 aromatic carbocycles. The maximum absolute atomic E-state index is 12.7. The van der Waals surface area contributed by atoms with E-state index in [1.807, 2.05) is 41.3 Å². The number of nitrogens with one attached hydrogen (secondary N) is 1. The summed E-state index contributed by atoms with van der Waals surface area (Å²) in [7, 11) is 0. The SMILES string of the molecule is CCN(CC)C(=O)[C@@H]1CCC[NH+](Cc2cccc(Oc3ccccc3)c2)C1. The normalized spacial score (nSPS) is 19.5. The van der Waals surface area contributed by atoms with E-state index in [9.17, 15) is 4.79 Å². The number of hydrogen-bond acceptors (Lipinski definition) is 2. The summed E-state index contributed by atoms with van der Waals surface area (Å²) in [6.07, 6.45) is 2.14. The minimum Gasteiger partial charge on any atom is -0.457 e. The molecule has 4 heteroatoms. The second kappa shape index (κ2) is 9.56. The van der Waals surface area contributed by atoms with Crippen molar-refractivity contribution in [2.75, 3.05) is 26.2 Å². The molecule has 3 rings (SSSR count). The van der Waals surface area contributed by atoms with Crippen molar-refractivity contribution in [2.24, 2.45) is 5.92 Å². The van der Waals surface area contributed by atoms with Gasteiger partial charge in [-0.1, -0.05) is 30.3 Å². The van der Waals surface area contributed by atoms with Crippen molar-refractivity contribution >= 4 is 5.91 Å². The van der Waals surface area contributed by atoms with Crippen LogP contribution >= 0.6 is 0 Å². The van der Waals surface area contributed by atoms with Gasteiger partial charge >= 0.3 is 0 Å². The quantitative estimate of drug-likeness (QED) is 0.816. The Labute approximate surface area is 162 Å². The lowest BCUT2D eigenvalue weighted by atomic mass is 9.96. The highest BCUT2D eigenvalue weighted by Gasteiger charge is 2.30. The third-order valence-electron chi connectivity index (χ3n) is 5.37. The predicted molar refractivity (Wildman–Crippen MR) is 108 cm³/mol. The lowest BCUT2D eigenvalue weighted by molar-refractivity contribution is -0.921. The van der Waals surface area contributed by atoms with Crippen molar-refractivity contribution in [3.8, 4) is 11.5 Å². The molecule has 27 heavy (non-hydrogen) atoms. The molecule has 0 spiro atoms. The molecular formula is C23H31N2O2+. The Kier molecular flexibility index (Phi) is 6.88. The molecule has 0 aromatic heterocycles. The van der Waals surface area contributed by atoms with Gasteiger partial charge in [0.05, 0.1) is 19.0 Å². The zero-order chi connectivity index (χ0) is 19.1. The summed E-state index contributed by atoms with van der Waals surface area (Å²) in [5.41, 5.74) is 1.26. The second-order valence-corrected chi connectivity index (χ2v) is 7.29. The molecule has 1 saturated heterocycles. The van der Waals surface area contributed by atoms with Crippen LogP contribution in [-0.2, 0) is 11.3 Å². The molecular weight excluding hydrogens is 336 g/mol. The Morgan fingerprint density at radius 1 is 1.07 bits per heavy atom. The van der Waals surface area contributed by atoms with Crippen LogP contribution in [-0.4, -0.2) is 37.0 Å². The molecule has 0 radical (unpaired) electrons. The summed E-state index contributed by atoms with van der Waals surface area (Å²) in [5.74, 6) is 2.21. The van der Waals surface area contributed by atoms with Crippen molar-refractivity contribution in [3.05, 3.63) is 60.2 Å². The van der Waals surface area contributed by atoms with Crippen LogP contribution in [0, 0.1) is 5.92 Å². The zero-order valence-electron chi connectivity index (χ0n) is 16.5. The molecule has 1 aliphatic heterocycles. The highest BCUT2D eigenvalue weighted by molar-refractivity contribution is 5.78. The molecule has 2 atom stereocenters. The Morgan fingerprint density at radius 2 is 1.81 bits per heavy atom. The number of rotatable bonds is 7. The van der Waals surface area contributed by atoms with Gasteiger partial charge in [-0.2, -0.15) is 0 Å². The Morgan fingerprint density at radius 3 is 2.56 bits per heavy atom. The Bertz CT molecular complexity index is 728. The van der Waals surface area contributed by atoms with E-state index in [4.69, 9.17) is 4.74 Å². The molecule has 1 amide bonds. The standard InChI is InChI=1S/C23H30N2O2/c1-3-25(4-2)23(26)20-11-9-15-24(18-20)17-19-10-8-14-22(16-19)27-21-12-6-5-7-13-21/h5-8,10,12-14,16,20H,3-4,9,11,15,17-18H2,1-2H3/p+1/t20-/m1/s1. The largest absolute Gasteiger partial charge is 0.457 e. The van der Waals surface area contributed by atoms with Gasteiger partial charge < -0.3 is 14.5 Å². The molecule has 0 aliphatic carbocycles. The van der Waals surface area contributed by atoms with Crippen LogP contribution in [0.25, 0.3) is 0 Å². The maximum Gasteiger partial charge on any atom is 0.231 e. The van der Waals surface area contributed by atoms with Crippen molar-refractivity contribution < 1.29 is 14.4 Å². The molecule has 1 fully saturated rings. The second-order valence-electron chi connectivity index (χ2n) is 7.29. The van der Waals surface area contributed by atoms with Gasteiger partial charge in [0.1, 0.15) is 18.0 Å². The lowest BCUT2D eigenvalue weighted by Crippen LogP contribution is -3.12. The Balaban J connectivity index is 1.61. The molecule has 1 unspecified atom stereocenters. The van der Waals surface area contributed by atoms with Crippen molar-refractivity contribution in [1.29, 1.82) is 0 Å². The van der Waals surface area contributed by atoms with E-state index in [0.717, 1.165) is 57.1 Å². The third-order valence-corrected chi connectivity index (χ3v) is 5.37. The Hall–Kier alpha value is -2.33. The molecule has 1 N–H and O–H groups in total. The monoisotopic (exact) mass is 367 g/mol. The van der Waals surface area contributed by atoms with Crippen molar-refractivity contribution in [1.82, 2.24) is 4.90 Å². The molecule has 1 aliphatic rings. The number of amides is 1. The highest BCUT2D eigenvalue weighted by atomic mass is 16.5. The van der Waals surface area contributed by atoms with Crippen molar-refractivity contribution in [2.45, 2.75) is 33.2 Å². The molecule has 0 saturated carbocycles. The highest BCUT2D eigenvalue weighted by Crippen LogP contribution is 2.21. The van der Waals surface area contributed by atoms with Crippen LogP contribution in [0.4, 0.5) is 0 Å². The number of carbonyl (C=O) groups excluding carboxylic acids is 1. The van der Waals surface area contributed by atoms with Gasteiger partial charge in [0, 0.05) is 18.7 Å². The molecule has 4 nitrogen and oxygen atoms in total. The number of ether oxygens (including phenoxy) is 1. The fraction of sp³-hybridized carbons (Fsp3) is 0.435. The summed E-state index contributed by atoms with van der Waals surface area (Å²) < 4.78 is 5.96. The number of para-hydroxylation sites is 1. The van der Waals surface area contributed by atoms with Crippen LogP contribution in [0.5, 0.6) is 11.5 Å². The molecule has 2 aromatic rings. The van der Waals surface area contributed by atoms with E-state index < -0.39 is 0 Å². The first-order valence-electron chi connectivity index (χ1n) is 10.1. The number of benzene rings is 2. The minimum atomic E-state index is 0.164. The lowest BCUT2D eigenvalue weighted by Gasteiger charge is -2.32. The van der Waals surface area contributed by atoms with Gasteiger partial charge in [-0.25, -0.2) is 0 Å². The van der Waals surface area contributed by atoms with Gasteiger partial charge in [-0.3, -0.25) is 4.79 Å². The van der Waals surface area contributed by atoms with E-state index >= 15 is 0 Å². The van der Waals surface area contributed by atoms with Gasteiger partial charge in [0.2, 0.25) is 5.91 Å². The van der Waals surface area contributed by atoms with Crippen LogP contribution in [0.2, 0.25) is 0 Å². The number of carbonyl (C=O) groups is 1. The average Bonchev–Trinajstić information content (AvgIpc) is 2.70. The number of likely N-dealkylation sites (tertiary alicyclic amines) is 1. The van der Waals surface area contributed by atoms with E-state index in [1.165, 1.54) is 10.5 Å².